The summed E-state index contributed by atoms with van der Waals surface area (Å²) in [4.78, 5) is 0. The molecule has 0 spiro atoms. The third kappa shape index (κ3) is 4.13. The monoisotopic (exact) mass is 365 g/mol. The molecule has 1 aliphatic carbocycles. The number of benzene rings is 1. The molecular weight excluding hydrogens is 347 g/mol. The lowest BCUT2D eigenvalue weighted by Crippen LogP contribution is -2.48. The summed E-state index contributed by atoms with van der Waals surface area (Å²) in [5.41, 5.74) is 6.39. The Labute approximate surface area is 131 Å². The van der Waals surface area contributed by atoms with Crippen molar-refractivity contribution < 1.29 is 17.9 Å². The smallest absolute Gasteiger partial charge is 0.391 e. The van der Waals surface area contributed by atoms with Crippen molar-refractivity contribution in [3.63, 3.8) is 0 Å². The van der Waals surface area contributed by atoms with Crippen LogP contribution in [0.15, 0.2) is 22.7 Å². The molecule has 1 fully saturated rings. The fraction of sp³-hybridized carbons (Fsp3) is 0.600. The molecule has 6 heteroatoms. The topological polar surface area (TPSA) is 35.2 Å². The average molecular weight is 366 g/mol. The summed E-state index contributed by atoms with van der Waals surface area (Å²) < 4.78 is 44.7. The van der Waals surface area contributed by atoms with Gasteiger partial charge in [-0.15, -0.1) is 0 Å². The van der Waals surface area contributed by atoms with Gasteiger partial charge in [-0.3, -0.25) is 0 Å². The zero-order valence-corrected chi connectivity index (χ0v) is 13.4. The van der Waals surface area contributed by atoms with Gasteiger partial charge in [0.05, 0.1) is 17.5 Å². The highest BCUT2D eigenvalue weighted by Gasteiger charge is 2.46. The van der Waals surface area contributed by atoms with E-state index >= 15 is 0 Å². The third-order valence-corrected chi connectivity index (χ3v) is 4.74. The van der Waals surface area contributed by atoms with Gasteiger partial charge >= 0.3 is 6.18 Å². The van der Waals surface area contributed by atoms with Gasteiger partial charge in [0, 0.05) is 5.54 Å². The van der Waals surface area contributed by atoms with Crippen LogP contribution in [0.25, 0.3) is 0 Å². The molecule has 2 nitrogen and oxygen atoms in total. The van der Waals surface area contributed by atoms with Crippen LogP contribution >= 0.6 is 15.9 Å². The van der Waals surface area contributed by atoms with Gasteiger partial charge in [0.25, 0.3) is 0 Å². The van der Waals surface area contributed by atoms with Crippen molar-refractivity contribution in [2.45, 2.75) is 43.8 Å². The zero-order chi connectivity index (χ0) is 15.7. The average Bonchev–Trinajstić information content (AvgIpc) is 2.37. The van der Waals surface area contributed by atoms with Gasteiger partial charge in [-0.25, -0.2) is 0 Å². The molecule has 21 heavy (non-hydrogen) atoms. The van der Waals surface area contributed by atoms with E-state index in [1.54, 1.807) is 13.2 Å². The van der Waals surface area contributed by atoms with Crippen LogP contribution < -0.4 is 10.5 Å². The Morgan fingerprint density at radius 3 is 2.71 bits per heavy atom. The Kier molecular flexibility index (Phi) is 4.88. The Morgan fingerprint density at radius 1 is 1.43 bits per heavy atom. The second kappa shape index (κ2) is 6.16. The molecule has 118 valence electrons. The first kappa shape index (κ1) is 16.6. The van der Waals surface area contributed by atoms with E-state index in [2.05, 4.69) is 15.9 Å². The first-order valence-corrected chi connectivity index (χ1v) is 7.71. The van der Waals surface area contributed by atoms with E-state index in [4.69, 9.17) is 10.5 Å². The molecule has 0 radical (unpaired) electrons. The highest BCUT2D eigenvalue weighted by molar-refractivity contribution is 9.10. The minimum atomic E-state index is -4.15. The Morgan fingerprint density at radius 2 is 2.14 bits per heavy atom. The summed E-state index contributed by atoms with van der Waals surface area (Å²) in [5.74, 6) is -0.584. The summed E-state index contributed by atoms with van der Waals surface area (Å²) in [6.07, 6.45) is -2.36. The minimum absolute atomic E-state index is 0.000147. The van der Waals surface area contributed by atoms with Crippen molar-refractivity contribution in [1.82, 2.24) is 0 Å². The number of ether oxygens (including phenoxy) is 1. The van der Waals surface area contributed by atoms with Crippen molar-refractivity contribution in [3.05, 3.63) is 28.2 Å². The molecule has 2 N–H and O–H groups in total. The summed E-state index contributed by atoms with van der Waals surface area (Å²) in [7, 11) is 1.57. The van der Waals surface area contributed by atoms with Gasteiger partial charge in [0.15, 0.2) is 0 Å². The summed E-state index contributed by atoms with van der Waals surface area (Å²) in [6, 6.07) is 5.52. The van der Waals surface area contributed by atoms with E-state index in [1.165, 1.54) is 0 Å². The quantitative estimate of drug-likeness (QED) is 0.858. The van der Waals surface area contributed by atoms with Crippen molar-refractivity contribution >= 4 is 15.9 Å². The van der Waals surface area contributed by atoms with Gasteiger partial charge in [0.2, 0.25) is 0 Å². The summed E-state index contributed by atoms with van der Waals surface area (Å²) >= 11 is 3.39. The molecule has 0 bridgehead atoms. The molecule has 1 aliphatic rings. The number of hydrogen-bond acceptors (Lipinski definition) is 2. The van der Waals surface area contributed by atoms with E-state index < -0.39 is 17.6 Å². The number of halogens is 4. The maximum absolute atomic E-state index is 12.9. The van der Waals surface area contributed by atoms with E-state index in [9.17, 15) is 13.2 Å². The number of nitrogens with two attached hydrogens (primary N) is 1. The zero-order valence-electron chi connectivity index (χ0n) is 11.8. The van der Waals surface area contributed by atoms with Crippen LogP contribution in [0.5, 0.6) is 5.75 Å². The Balaban J connectivity index is 2.12. The van der Waals surface area contributed by atoms with Crippen LogP contribution in [0.3, 0.4) is 0 Å². The third-order valence-electron chi connectivity index (χ3n) is 4.12. The molecule has 1 aromatic rings. The maximum atomic E-state index is 12.9. The Hall–Kier alpha value is -0.750. The summed E-state index contributed by atoms with van der Waals surface area (Å²) in [5, 5.41) is 0. The normalized spacial score (nSPS) is 26.7. The lowest BCUT2D eigenvalue weighted by Gasteiger charge is -2.39. The lowest BCUT2D eigenvalue weighted by atomic mass is 9.73. The molecule has 2 unspecified atom stereocenters. The van der Waals surface area contributed by atoms with Crippen LogP contribution in [-0.4, -0.2) is 18.8 Å². The van der Waals surface area contributed by atoms with E-state index in [0.717, 1.165) is 10.0 Å². The molecule has 2 rings (SSSR count). The first-order chi connectivity index (χ1) is 9.73. The van der Waals surface area contributed by atoms with Crippen LogP contribution in [0.1, 0.15) is 31.2 Å². The number of rotatable bonds is 3. The van der Waals surface area contributed by atoms with Crippen LogP contribution in [0.4, 0.5) is 13.2 Å². The second-order valence-corrected chi connectivity index (χ2v) is 6.70. The molecule has 0 heterocycles. The molecule has 1 saturated carbocycles. The van der Waals surface area contributed by atoms with Gasteiger partial charge in [-0.2, -0.15) is 13.2 Å². The fourth-order valence-corrected chi connectivity index (χ4v) is 3.65. The highest BCUT2D eigenvalue weighted by atomic mass is 79.9. The highest BCUT2D eigenvalue weighted by Crippen LogP contribution is 2.42. The van der Waals surface area contributed by atoms with E-state index in [1.807, 2.05) is 12.1 Å². The first-order valence-electron chi connectivity index (χ1n) is 6.91. The standard InChI is InChI=1S/C15H19BrF3NO/c1-21-13-5-4-10(7-12(13)16)8-14(20)6-2-3-11(9-14)15(17,18)19/h4-5,7,11H,2-3,6,8-9,20H2,1H3. The second-order valence-electron chi connectivity index (χ2n) is 5.84. The van der Waals surface area contributed by atoms with E-state index in [-0.39, 0.29) is 12.8 Å². The number of methoxy groups -OCH3 is 1. The molecule has 0 amide bonds. The molecule has 2 atom stereocenters. The lowest BCUT2D eigenvalue weighted by molar-refractivity contribution is -0.187. The maximum Gasteiger partial charge on any atom is 0.391 e. The van der Waals surface area contributed by atoms with Crippen LogP contribution in [0.2, 0.25) is 0 Å². The molecule has 0 aliphatic heterocycles. The fourth-order valence-electron chi connectivity index (χ4n) is 3.06. The van der Waals surface area contributed by atoms with Crippen molar-refractivity contribution in [2.24, 2.45) is 11.7 Å². The van der Waals surface area contributed by atoms with Gasteiger partial charge in [-0.1, -0.05) is 12.5 Å². The van der Waals surface area contributed by atoms with Crippen LogP contribution in [-0.2, 0) is 6.42 Å². The number of hydrogen-bond donors (Lipinski definition) is 1. The SMILES string of the molecule is COc1ccc(CC2(N)CCCC(C(F)(F)F)C2)cc1Br. The van der Waals surface area contributed by atoms with Gasteiger partial charge in [-0.05, 0) is 59.3 Å². The predicted octanol–water partition coefficient (Wildman–Crippen LogP) is 4.45. The molecule has 0 saturated heterocycles. The van der Waals surface area contributed by atoms with Gasteiger partial charge in [0.1, 0.15) is 5.75 Å². The largest absolute Gasteiger partial charge is 0.496 e. The van der Waals surface area contributed by atoms with Gasteiger partial charge < -0.3 is 10.5 Å². The molecule has 0 aromatic heterocycles. The molecular formula is C15H19BrF3NO. The summed E-state index contributed by atoms with van der Waals surface area (Å²) in [6.45, 7) is 0. The number of alkyl halides is 3. The van der Waals surface area contributed by atoms with Crippen molar-refractivity contribution in [1.29, 1.82) is 0 Å². The van der Waals surface area contributed by atoms with E-state index in [0.29, 0.717) is 25.0 Å². The Bertz CT molecular complexity index is 506. The minimum Gasteiger partial charge on any atom is -0.496 e. The van der Waals surface area contributed by atoms with Crippen molar-refractivity contribution in [2.75, 3.05) is 7.11 Å². The van der Waals surface area contributed by atoms with Crippen LogP contribution in [0, 0.1) is 5.92 Å². The molecule has 1 aromatic carbocycles. The van der Waals surface area contributed by atoms with Crippen molar-refractivity contribution in [3.8, 4) is 5.75 Å². The predicted molar refractivity (Wildman–Crippen MR) is 79.3 cm³/mol.